The molecule has 0 aliphatic rings. The van der Waals surface area contributed by atoms with Gasteiger partial charge in [0.1, 0.15) is 0 Å². The van der Waals surface area contributed by atoms with Gasteiger partial charge in [0.15, 0.2) is 6.10 Å². The zero-order valence-corrected chi connectivity index (χ0v) is 12.2. The molecule has 0 aliphatic carbocycles. The molecule has 0 bridgehead atoms. The van der Waals surface area contributed by atoms with Crippen molar-refractivity contribution in [1.29, 1.82) is 0 Å². The van der Waals surface area contributed by atoms with Crippen molar-refractivity contribution in [1.82, 2.24) is 0 Å². The Labute approximate surface area is 126 Å². The summed E-state index contributed by atoms with van der Waals surface area (Å²) in [5, 5.41) is 10.2. The summed E-state index contributed by atoms with van der Waals surface area (Å²) in [7, 11) is 1.36. The fraction of sp³-hybridized carbons (Fsp3) is 0.133. The van der Waals surface area contributed by atoms with Gasteiger partial charge in [-0.3, -0.25) is 0 Å². The fourth-order valence-corrected chi connectivity index (χ4v) is 2.58. The first-order valence-electron chi connectivity index (χ1n) is 5.84. The highest BCUT2D eigenvalue weighted by molar-refractivity contribution is 6.35. The average Bonchev–Trinajstić information content (AvgIpc) is 2.38. The number of carboxylic acid groups (broad SMARTS) is 1. The Morgan fingerprint density at radius 2 is 1.75 bits per heavy atom. The second-order valence-corrected chi connectivity index (χ2v) is 5.07. The predicted octanol–water partition coefficient (Wildman–Crippen LogP) is 4.43. The minimum Gasteiger partial charge on any atom is -0.479 e. The zero-order valence-electron chi connectivity index (χ0n) is 10.6. The summed E-state index contributed by atoms with van der Waals surface area (Å²) in [6.45, 7) is 0. The van der Waals surface area contributed by atoms with Crippen molar-refractivity contribution in [2.75, 3.05) is 7.11 Å². The number of hydrogen-bond acceptors (Lipinski definition) is 2. The number of carboxylic acids is 1. The Morgan fingerprint density at radius 1 is 1.15 bits per heavy atom. The van der Waals surface area contributed by atoms with Crippen molar-refractivity contribution >= 4 is 29.2 Å². The Balaban J connectivity index is 2.60. The summed E-state index contributed by atoms with van der Waals surface area (Å²) in [5.74, 6) is -1.05. The van der Waals surface area contributed by atoms with Gasteiger partial charge in [0.25, 0.3) is 0 Å². The second-order valence-electron chi connectivity index (χ2n) is 4.20. The molecule has 104 valence electrons. The van der Waals surface area contributed by atoms with Gasteiger partial charge in [-0.15, -0.1) is 0 Å². The molecule has 0 spiro atoms. The van der Waals surface area contributed by atoms with Crippen LogP contribution in [0.15, 0.2) is 42.5 Å². The Morgan fingerprint density at radius 3 is 2.30 bits per heavy atom. The maximum absolute atomic E-state index is 11.3. The number of halogens is 2. The molecule has 0 heterocycles. The summed E-state index contributed by atoms with van der Waals surface area (Å²) in [6, 6.07) is 12.2. The van der Waals surface area contributed by atoms with Crippen LogP contribution in [-0.4, -0.2) is 18.2 Å². The van der Waals surface area contributed by atoms with Crippen molar-refractivity contribution in [3.63, 3.8) is 0 Å². The monoisotopic (exact) mass is 310 g/mol. The minimum atomic E-state index is -1.05. The number of carbonyl (C=O) groups is 1. The maximum Gasteiger partial charge on any atom is 0.337 e. The third-order valence-corrected chi connectivity index (χ3v) is 3.31. The third kappa shape index (κ3) is 3.12. The number of rotatable bonds is 4. The fourth-order valence-electron chi connectivity index (χ4n) is 2.06. The van der Waals surface area contributed by atoms with E-state index in [1.54, 1.807) is 30.3 Å². The van der Waals surface area contributed by atoms with Crippen molar-refractivity contribution in [2.45, 2.75) is 6.10 Å². The third-order valence-electron chi connectivity index (χ3n) is 2.88. The lowest BCUT2D eigenvalue weighted by atomic mass is 9.96. The molecule has 0 saturated heterocycles. The topological polar surface area (TPSA) is 46.5 Å². The lowest BCUT2D eigenvalue weighted by molar-refractivity contribution is -0.148. The molecular formula is C15H12Cl2O3. The van der Waals surface area contributed by atoms with E-state index in [1.165, 1.54) is 7.11 Å². The van der Waals surface area contributed by atoms with Crippen LogP contribution in [0.2, 0.25) is 10.0 Å². The molecule has 1 unspecified atom stereocenters. The van der Waals surface area contributed by atoms with Gasteiger partial charge in [-0.25, -0.2) is 4.79 Å². The van der Waals surface area contributed by atoms with E-state index in [0.29, 0.717) is 15.6 Å². The maximum atomic E-state index is 11.3. The summed E-state index contributed by atoms with van der Waals surface area (Å²) >= 11 is 12.0. The first-order chi connectivity index (χ1) is 9.52. The lowest BCUT2D eigenvalue weighted by Gasteiger charge is -2.16. The van der Waals surface area contributed by atoms with Gasteiger partial charge >= 0.3 is 5.97 Å². The van der Waals surface area contributed by atoms with Crippen molar-refractivity contribution in [3.05, 3.63) is 58.1 Å². The highest BCUT2D eigenvalue weighted by Gasteiger charge is 2.22. The molecule has 0 amide bonds. The first-order valence-corrected chi connectivity index (χ1v) is 6.59. The number of methoxy groups -OCH3 is 1. The van der Waals surface area contributed by atoms with Crippen molar-refractivity contribution in [3.8, 4) is 11.1 Å². The van der Waals surface area contributed by atoms with E-state index in [0.717, 1.165) is 11.1 Å². The summed E-state index contributed by atoms with van der Waals surface area (Å²) in [5.41, 5.74) is 2.04. The molecular weight excluding hydrogens is 299 g/mol. The molecule has 1 N–H and O–H groups in total. The summed E-state index contributed by atoms with van der Waals surface area (Å²) in [6.07, 6.45) is -1.04. The van der Waals surface area contributed by atoms with E-state index in [2.05, 4.69) is 0 Å². The molecule has 2 aromatic carbocycles. The van der Waals surface area contributed by atoms with Gasteiger partial charge in [-0.05, 0) is 34.9 Å². The molecule has 0 fully saturated rings. The molecule has 0 saturated carbocycles. The smallest absolute Gasteiger partial charge is 0.337 e. The van der Waals surface area contributed by atoms with Crippen LogP contribution < -0.4 is 0 Å². The van der Waals surface area contributed by atoms with Gasteiger partial charge in [0.05, 0.1) is 0 Å². The van der Waals surface area contributed by atoms with Crippen LogP contribution in [0.25, 0.3) is 11.1 Å². The van der Waals surface area contributed by atoms with Gasteiger partial charge in [-0.1, -0.05) is 47.5 Å². The van der Waals surface area contributed by atoms with Gasteiger partial charge in [0, 0.05) is 17.2 Å². The molecule has 5 heteroatoms. The highest BCUT2D eigenvalue weighted by Crippen LogP contribution is 2.33. The summed E-state index contributed by atoms with van der Waals surface area (Å²) < 4.78 is 5.05. The molecule has 0 radical (unpaired) electrons. The normalized spacial score (nSPS) is 12.2. The van der Waals surface area contributed by atoms with Crippen LogP contribution in [0.5, 0.6) is 0 Å². The van der Waals surface area contributed by atoms with Crippen LogP contribution in [0.1, 0.15) is 11.7 Å². The highest BCUT2D eigenvalue weighted by atomic mass is 35.5. The van der Waals surface area contributed by atoms with Crippen molar-refractivity contribution < 1.29 is 14.6 Å². The van der Waals surface area contributed by atoms with E-state index in [9.17, 15) is 9.90 Å². The minimum absolute atomic E-state index is 0.492. The Bertz CT molecular complexity index is 621. The van der Waals surface area contributed by atoms with E-state index >= 15 is 0 Å². The first kappa shape index (κ1) is 14.9. The molecule has 0 aromatic heterocycles. The number of hydrogen-bond donors (Lipinski definition) is 1. The van der Waals surface area contributed by atoms with Crippen LogP contribution in [0.4, 0.5) is 0 Å². The molecule has 0 aliphatic heterocycles. The number of ether oxygens (including phenoxy) is 1. The largest absolute Gasteiger partial charge is 0.479 e. The van der Waals surface area contributed by atoms with E-state index in [4.69, 9.17) is 27.9 Å². The van der Waals surface area contributed by atoms with Crippen LogP contribution in [-0.2, 0) is 9.53 Å². The quantitative estimate of drug-likeness (QED) is 0.908. The zero-order chi connectivity index (χ0) is 14.7. The van der Waals surface area contributed by atoms with E-state index in [1.807, 2.05) is 12.1 Å². The Hall–Kier alpha value is -1.55. The average molecular weight is 311 g/mol. The van der Waals surface area contributed by atoms with Gasteiger partial charge in [0.2, 0.25) is 0 Å². The van der Waals surface area contributed by atoms with Crippen LogP contribution >= 0.6 is 23.2 Å². The van der Waals surface area contributed by atoms with Crippen LogP contribution in [0.3, 0.4) is 0 Å². The number of benzene rings is 2. The summed E-state index contributed by atoms with van der Waals surface area (Å²) in [4.78, 5) is 11.3. The molecule has 3 nitrogen and oxygen atoms in total. The Kier molecular flexibility index (Phi) is 4.65. The number of aliphatic carboxylic acids is 1. The van der Waals surface area contributed by atoms with E-state index < -0.39 is 12.1 Å². The van der Waals surface area contributed by atoms with Crippen molar-refractivity contribution in [2.24, 2.45) is 0 Å². The van der Waals surface area contributed by atoms with E-state index in [-0.39, 0.29) is 0 Å². The van der Waals surface area contributed by atoms with Crippen LogP contribution in [0, 0.1) is 0 Å². The molecule has 1 atom stereocenters. The predicted molar refractivity (Wildman–Crippen MR) is 79.3 cm³/mol. The SMILES string of the molecule is COC(C(=O)O)c1ccccc1-c1cc(Cl)cc(Cl)c1. The molecule has 2 aromatic rings. The molecule has 2 rings (SSSR count). The second kappa shape index (κ2) is 6.27. The van der Waals surface area contributed by atoms with Gasteiger partial charge < -0.3 is 9.84 Å². The van der Waals surface area contributed by atoms with Gasteiger partial charge in [-0.2, -0.15) is 0 Å². The lowest BCUT2D eigenvalue weighted by Crippen LogP contribution is -2.14. The molecule has 20 heavy (non-hydrogen) atoms. The standard InChI is InChI=1S/C15H12Cl2O3/c1-20-14(15(18)19)13-5-3-2-4-12(13)9-6-10(16)8-11(17)7-9/h2-8,14H,1H3,(H,18,19).